The smallest absolute Gasteiger partial charge is 0.325 e. The SMILES string of the molecule is Cc1noc(C)c1-c1ccc2c(c1)C(c1ccccc1)N(Cc1nnc(-c3ccccc3)o1)C(=O)N2C. The van der Waals surface area contributed by atoms with E-state index in [0.717, 1.165) is 45.0 Å². The largest absolute Gasteiger partial charge is 0.419 e. The molecule has 0 radical (unpaired) electrons. The van der Waals surface area contributed by atoms with Gasteiger partial charge in [0.05, 0.1) is 17.4 Å². The summed E-state index contributed by atoms with van der Waals surface area (Å²) in [5, 5.41) is 12.6. The van der Waals surface area contributed by atoms with Crippen molar-refractivity contribution >= 4 is 11.7 Å². The molecule has 3 heterocycles. The molecule has 2 aromatic heterocycles. The molecule has 0 bridgehead atoms. The van der Waals surface area contributed by atoms with Crippen LogP contribution in [0.15, 0.2) is 87.8 Å². The van der Waals surface area contributed by atoms with Crippen LogP contribution in [-0.4, -0.2) is 33.3 Å². The first kappa shape index (κ1) is 22.7. The molecule has 3 aromatic carbocycles. The lowest BCUT2D eigenvalue weighted by Gasteiger charge is -2.41. The number of anilines is 1. The average molecular weight is 492 g/mol. The maximum absolute atomic E-state index is 13.7. The molecule has 0 saturated carbocycles. The second-order valence-corrected chi connectivity index (χ2v) is 9.12. The molecule has 8 heteroatoms. The van der Waals surface area contributed by atoms with E-state index in [2.05, 4.69) is 21.4 Å². The van der Waals surface area contributed by atoms with Gasteiger partial charge in [0.1, 0.15) is 12.3 Å². The highest BCUT2D eigenvalue weighted by molar-refractivity contribution is 5.96. The van der Waals surface area contributed by atoms with E-state index in [1.54, 1.807) is 16.8 Å². The lowest BCUT2D eigenvalue weighted by atomic mass is 9.90. The van der Waals surface area contributed by atoms with Crippen molar-refractivity contribution in [2.75, 3.05) is 11.9 Å². The number of fused-ring (bicyclic) bond motifs is 1. The summed E-state index contributed by atoms with van der Waals surface area (Å²) in [6.07, 6.45) is 0. The molecule has 0 aliphatic carbocycles. The van der Waals surface area contributed by atoms with Gasteiger partial charge in [-0.2, -0.15) is 0 Å². The molecule has 8 nitrogen and oxygen atoms in total. The van der Waals surface area contributed by atoms with Crippen molar-refractivity contribution in [2.24, 2.45) is 0 Å². The molecule has 2 amide bonds. The van der Waals surface area contributed by atoms with Crippen LogP contribution in [0.2, 0.25) is 0 Å². The summed E-state index contributed by atoms with van der Waals surface area (Å²) in [6, 6.07) is 25.2. The number of hydrogen-bond donors (Lipinski definition) is 0. The Bertz CT molecular complexity index is 1560. The van der Waals surface area contributed by atoms with Crippen molar-refractivity contribution in [2.45, 2.75) is 26.4 Å². The summed E-state index contributed by atoms with van der Waals surface area (Å²) in [7, 11) is 1.79. The number of carbonyl (C=O) groups is 1. The summed E-state index contributed by atoms with van der Waals surface area (Å²) < 4.78 is 11.4. The van der Waals surface area contributed by atoms with Crippen LogP contribution in [0, 0.1) is 13.8 Å². The summed E-state index contributed by atoms with van der Waals surface area (Å²) >= 11 is 0. The van der Waals surface area contributed by atoms with Crippen LogP contribution in [0.5, 0.6) is 0 Å². The molecule has 1 atom stereocenters. The quantitative estimate of drug-likeness (QED) is 0.292. The molecule has 1 aliphatic heterocycles. The van der Waals surface area contributed by atoms with Gasteiger partial charge >= 0.3 is 6.03 Å². The summed E-state index contributed by atoms with van der Waals surface area (Å²) in [5.74, 6) is 1.54. The number of aromatic nitrogens is 3. The molecular formula is C29H25N5O3. The predicted molar refractivity (Wildman–Crippen MR) is 139 cm³/mol. The van der Waals surface area contributed by atoms with Crippen LogP contribution < -0.4 is 4.90 Å². The van der Waals surface area contributed by atoms with Gasteiger partial charge in [-0.05, 0) is 49.2 Å². The van der Waals surface area contributed by atoms with Crippen LogP contribution in [-0.2, 0) is 6.54 Å². The van der Waals surface area contributed by atoms with Gasteiger partial charge < -0.3 is 13.8 Å². The van der Waals surface area contributed by atoms with Gasteiger partial charge in [0, 0.05) is 23.7 Å². The minimum absolute atomic E-state index is 0.147. The summed E-state index contributed by atoms with van der Waals surface area (Å²) in [5.41, 5.74) is 6.44. The third-order valence-corrected chi connectivity index (χ3v) is 6.76. The van der Waals surface area contributed by atoms with Gasteiger partial charge in [0.2, 0.25) is 11.8 Å². The van der Waals surface area contributed by atoms with Crippen molar-refractivity contribution in [1.29, 1.82) is 0 Å². The van der Waals surface area contributed by atoms with Crippen molar-refractivity contribution in [3.63, 3.8) is 0 Å². The van der Waals surface area contributed by atoms with E-state index in [9.17, 15) is 4.79 Å². The Morgan fingerprint density at radius 3 is 2.32 bits per heavy atom. The van der Waals surface area contributed by atoms with Gasteiger partial charge in [0.15, 0.2) is 0 Å². The Kier molecular flexibility index (Phi) is 5.56. The molecule has 0 spiro atoms. The highest BCUT2D eigenvalue weighted by Gasteiger charge is 2.38. The Hall–Kier alpha value is -4.72. The standard InChI is InChI=1S/C29H25N5O3/c1-18-26(19(2)37-32-18)22-14-15-24-23(16-22)27(20-10-6-4-7-11-20)34(29(35)33(24)3)17-25-30-31-28(36-25)21-12-8-5-9-13-21/h4-16,27H,17H2,1-3H3. The molecule has 1 unspecified atom stereocenters. The average Bonchev–Trinajstić information content (AvgIpc) is 3.54. The van der Waals surface area contributed by atoms with Gasteiger partial charge in [-0.25, -0.2) is 4.79 Å². The normalized spacial score (nSPS) is 15.2. The number of nitrogens with zero attached hydrogens (tertiary/aromatic N) is 5. The third-order valence-electron chi connectivity index (χ3n) is 6.76. The second-order valence-electron chi connectivity index (χ2n) is 9.12. The lowest BCUT2D eigenvalue weighted by molar-refractivity contribution is 0.177. The molecule has 0 saturated heterocycles. The maximum atomic E-state index is 13.7. The predicted octanol–water partition coefficient (Wildman–Crippen LogP) is 6.17. The summed E-state index contributed by atoms with van der Waals surface area (Å²) in [4.78, 5) is 17.2. The number of aryl methyl sites for hydroxylation is 2. The van der Waals surface area contributed by atoms with Gasteiger partial charge in [-0.15, -0.1) is 10.2 Å². The Labute approximate surface area is 214 Å². The Morgan fingerprint density at radius 1 is 0.892 bits per heavy atom. The first-order valence-corrected chi connectivity index (χ1v) is 12.1. The summed E-state index contributed by atoms with van der Waals surface area (Å²) in [6.45, 7) is 4.00. The maximum Gasteiger partial charge on any atom is 0.325 e. The van der Waals surface area contributed by atoms with E-state index in [1.807, 2.05) is 86.6 Å². The van der Waals surface area contributed by atoms with Crippen LogP contribution in [0.25, 0.3) is 22.6 Å². The Morgan fingerprint density at radius 2 is 1.62 bits per heavy atom. The molecular weight excluding hydrogens is 466 g/mol. The van der Waals surface area contributed by atoms with Crippen molar-refractivity contribution in [3.8, 4) is 22.6 Å². The highest BCUT2D eigenvalue weighted by atomic mass is 16.5. The van der Waals surface area contributed by atoms with Crippen LogP contribution in [0.1, 0.15) is 34.5 Å². The molecule has 184 valence electrons. The zero-order valence-electron chi connectivity index (χ0n) is 20.8. The number of urea groups is 1. The fourth-order valence-corrected chi connectivity index (χ4v) is 5.02. The van der Waals surface area contributed by atoms with Crippen LogP contribution >= 0.6 is 0 Å². The topological polar surface area (TPSA) is 88.5 Å². The zero-order valence-corrected chi connectivity index (χ0v) is 20.8. The Balaban J connectivity index is 1.45. The van der Waals surface area contributed by atoms with Crippen molar-refractivity contribution < 1.29 is 13.7 Å². The molecule has 5 aromatic rings. The van der Waals surface area contributed by atoms with E-state index >= 15 is 0 Å². The van der Waals surface area contributed by atoms with Crippen LogP contribution in [0.3, 0.4) is 0 Å². The molecule has 1 aliphatic rings. The van der Waals surface area contributed by atoms with Crippen molar-refractivity contribution in [3.05, 3.63) is 107 Å². The number of benzene rings is 3. The first-order chi connectivity index (χ1) is 18.0. The number of rotatable bonds is 5. The van der Waals surface area contributed by atoms with E-state index < -0.39 is 0 Å². The van der Waals surface area contributed by atoms with Crippen molar-refractivity contribution in [1.82, 2.24) is 20.3 Å². The zero-order chi connectivity index (χ0) is 25.5. The monoisotopic (exact) mass is 491 g/mol. The highest BCUT2D eigenvalue weighted by Crippen LogP contribution is 2.43. The fourth-order valence-electron chi connectivity index (χ4n) is 5.02. The molecule has 0 N–H and O–H groups in total. The van der Waals surface area contributed by atoms with Crippen LogP contribution in [0.4, 0.5) is 10.5 Å². The van der Waals surface area contributed by atoms with Gasteiger partial charge in [-0.3, -0.25) is 4.90 Å². The number of carbonyl (C=O) groups excluding carboxylic acids is 1. The first-order valence-electron chi connectivity index (χ1n) is 12.1. The minimum atomic E-state index is -0.354. The van der Waals surface area contributed by atoms with E-state index in [-0.39, 0.29) is 18.6 Å². The molecule has 37 heavy (non-hydrogen) atoms. The van der Waals surface area contributed by atoms with Gasteiger partial charge in [-0.1, -0.05) is 59.8 Å². The third kappa shape index (κ3) is 3.96. The van der Waals surface area contributed by atoms with E-state index in [4.69, 9.17) is 8.94 Å². The van der Waals surface area contributed by atoms with Gasteiger partial charge in [0.25, 0.3) is 0 Å². The molecule has 0 fully saturated rings. The lowest BCUT2D eigenvalue weighted by Crippen LogP contribution is -2.47. The number of amides is 2. The minimum Gasteiger partial charge on any atom is -0.419 e. The second kappa shape index (κ2) is 9.05. The molecule has 6 rings (SSSR count). The van der Waals surface area contributed by atoms with E-state index in [1.165, 1.54) is 0 Å². The van der Waals surface area contributed by atoms with E-state index in [0.29, 0.717) is 11.8 Å². The fraction of sp³-hybridized carbons (Fsp3) is 0.172. The number of hydrogen-bond acceptors (Lipinski definition) is 6.